The summed E-state index contributed by atoms with van der Waals surface area (Å²) >= 11 is 0. The molecule has 0 aliphatic rings. The first kappa shape index (κ1) is 20.6. The van der Waals surface area contributed by atoms with Crippen LogP contribution in [0.1, 0.15) is 31.5 Å². The van der Waals surface area contributed by atoms with Crippen LogP contribution >= 0.6 is 0 Å². The van der Waals surface area contributed by atoms with Crippen molar-refractivity contribution in [2.24, 2.45) is 0 Å². The first-order valence-electron chi connectivity index (χ1n) is 8.96. The van der Waals surface area contributed by atoms with Gasteiger partial charge in [-0.1, -0.05) is 12.1 Å². The number of hydrogen-bond acceptors (Lipinski definition) is 7. The zero-order valence-electron chi connectivity index (χ0n) is 16.3. The Labute approximate surface area is 165 Å². The summed E-state index contributed by atoms with van der Waals surface area (Å²) in [6.45, 7) is 5.29. The fourth-order valence-corrected chi connectivity index (χ4v) is 2.54. The van der Waals surface area contributed by atoms with Crippen molar-refractivity contribution in [2.45, 2.75) is 39.5 Å². The van der Waals surface area contributed by atoms with Gasteiger partial charge in [0, 0.05) is 12.6 Å². The minimum absolute atomic E-state index is 0.0639. The second kappa shape index (κ2) is 8.06. The molecule has 0 spiro atoms. The Hall–Kier alpha value is -3.17. The number of halogens is 3. The predicted molar refractivity (Wildman–Crippen MR) is 100 cm³/mol. The molecule has 0 unspecified atom stereocenters. The molecule has 2 heterocycles. The summed E-state index contributed by atoms with van der Waals surface area (Å²) in [5.74, 6) is 0.244. The molecule has 0 saturated carbocycles. The van der Waals surface area contributed by atoms with Gasteiger partial charge in [-0.25, -0.2) is 9.97 Å². The first-order valence-corrected chi connectivity index (χ1v) is 8.96. The lowest BCUT2D eigenvalue weighted by molar-refractivity contribution is -0.139. The minimum atomic E-state index is -4.59. The van der Waals surface area contributed by atoms with Crippen LogP contribution in [0.25, 0.3) is 23.0 Å². The van der Waals surface area contributed by atoms with E-state index in [0.29, 0.717) is 23.6 Å². The van der Waals surface area contributed by atoms with Gasteiger partial charge >= 0.3 is 6.18 Å². The summed E-state index contributed by atoms with van der Waals surface area (Å²) in [6.07, 6.45) is -2.79. The molecule has 154 valence electrons. The molecule has 0 aliphatic heterocycles. The lowest BCUT2D eigenvalue weighted by Gasteiger charge is -2.18. The Balaban J connectivity index is 2.01. The van der Waals surface area contributed by atoms with Crippen molar-refractivity contribution in [1.29, 1.82) is 0 Å². The van der Waals surface area contributed by atoms with Gasteiger partial charge in [0.25, 0.3) is 5.89 Å². The second-order valence-corrected chi connectivity index (χ2v) is 6.43. The van der Waals surface area contributed by atoms with Crippen LogP contribution in [0.2, 0.25) is 0 Å². The average molecular weight is 407 g/mol. The van der Waals surface area contributed by atoms with Crippen molar-refractivity contribution in [1.82, 2.24) is 20.1 Å². The molecule has 10 heteroatoms. The number of aryl methyl sites for hydroxylation is 1. The molecule has 0 saturated heterocycles. The van der Waals surface area contributed by atoms with Crippen LogP contribution in [0.5, 0.6) is 5.75 Å². The Kier molecular flexibility index (Phi) is 5.71. The Bertz CT molecular complexity index is 1000. The molecule has 0 amide bonds. The van der Waals surface area contributed by atoms with Crippen molar-refractivity contribution in [2.75, 3.05) is 12.4 Å². The molecule has 0 bridgehead atoms. The van der Waals surface area contributed by atoms with Gasteiger partial charge in [-0.2, -0.15) is 18.2 Å². The number of benzene rings is 1. The molecule has 3 aromatic rings. The summed E-state index contributed by atoms with van der Waals surface area (Å²) in [4.78, 5) is 12.7. The van der Waals surface area contributed by atoms with Crippen LogP contribution in [-0.2, 0) is 6.18 Å². The van der Waals surface area contributed by atoms with Crippen LogP contribution in [-0.4, -0.2) is 33.3 Å². The highest BCUT2D eigenvalue weighted by Crippen LogP contribution is 2.39. The highest BCUT2D eigenvalue weighted by molar-refractivity contribution is 5.67. The van der Waals surface area contributed by atoms with Crippen molar-refractivity contribution < 1.29 is 22.4 Å². The maximum atomic E-state index is 13.5. The Morgan fingerprint density at radius 1 is 1.24 bits per heavy atom. The third-order valence-electron chi connectivity index (χ3n) is 4.20. The standard InChI is InChI=1S/C19H20F3N5O2/c1-5-11(3)28-14-7-6-12(8-13(14)19(20,21)22)18-26-17(27-29-18)15-16(23-4)24-9-10(2)25-15/h6-9,11H,5H2,1-4H3,(H,23,24)/t11-/m0/s1. The molecule has 3 rings (SSSR count). The number of anilines is 1. The van der Waals surface area contributed by atoms with Gasteiger partial charge in [0.05, 0.1) is 23.6 Å². The van der Waals surface area contributed by atoms with E-state index in [1.807, 2.05) is 6.92 Å². The SMILES string of the molecule is CC[C@H](C)Oc1ccc(-c2nc(-c3nc(C)cnc3NC)no2)cc1C(F)(F)F. The van der Waals surface area contributed by atoms with Crippen LogP contribution in [0, 0.1) is 6.92 Å². The molecule has 1 aromatic carbocycles. The maximum Gasteiger partial charge on any atom is 0.419 e. The lowest BCUT2D eigenvalue weighted by atomic mass is 10.1. The van der Waals surface area contributed by atoms with Crippen LogP contribution < -0.4 is 10.1 Å². The van der Waals surface area contributed by atoms with Crippen molar-refractivity contribution >= 4 is 5.82 Å². The first-order chi connectivity index (χ1) is 13.7. The zero-order valence-corrected chi connectivity index (χ0v) is 16.3. The average Bonchev–Trinajstić information content (AvgIpc) is 3.17. The fraction of sp³-hybridized carbons (Fsp3) is 0.368. The van der Waals surface area contributed by atoms with E-state index < -0.39 is 11.7 Å². The van der Waals surface area contributed by atoms with Gasteiger partial charge in [-0.05, 0) is 38.5 Å². The zero-order chi connectivity index (χ0) is 21.2. The number of hydrogen-bond donors (Lipinski definition) is 1. The van der Waals surface area contributed by atoms with Gasteiger partial charge in [0.2, 0.25) is 5.82 Å². The van der Waals surface area contributed by atoms with Gasteiger partial charge in [-0.15, -0.1) is 0 Å². The van der Waals surface area contributed by atoms with Crippen LogP contribution in [0.4, 0.5) is 19.0 Å². The Morgan fingerprint density at radius 2 is 2.00 bits per heavy atom. The van der Waals surface area contributed by atoms with E-state index in [1.165, 1.54) is 12.1 Å². The third kappa shape index (κ3) is 4.47. The Morgan fingerprint density at radius 3 is 2.66 bits per heavy atom. The lowest BCUT2D eigenvalue weighted by Crippen LogP contribution is -2.15. The normalized spacial score (nSPS) is 12.7. The molecular weight excluding hydrogens is 387 g/mol. The smallest absolute Gasteiger partial charge is 0.419 e. The molecule has 1 N–H and O–H groups in total. The molecule has 0 fully saturated rings. The van der Waals surface area contributed by atoms with Crippen LogP contribution in [0.3, 0.4) is 0 Å². The fourth-order valence-electron chi connectivity index (χ4n) is 2.54. The van der Waals surface area contributed by atoms with E-state index in [4.69, 9.17) is 9.26 Å². The van der Waals surface area contributed by atoms with Gasteiger partial charge < -0.3 is 14.6 Å². The van der Waals surface area contributed by atoms with E-state index in [2.05, 4.69) is 25.4 Å². The summed E-state index contributed by atoms with van der Waals surface area (Å²) < 4.78 is 51.2. The quantitative estimate of drug-likeness (QED) is 0.632. The summed E-state index contributed by atoms with van der Waals surface area (Å²) in [7, 11) is 1.66. The summed E-state index contributed by atoms with van der Waals surface area (Å²) in [5, 5.41) is 6.72. The molecular formula is C19H20F3N5O2. The minimum Gasteiger partial charge on any atom is -0.490 e. The highest BCUT2D eigenvalue weighted by atomic mass is 19.4. The maximum absolute atomic E-state index is 13.5. The van der Waals surface area contributed by atoms with Crippen LogP contribution in [0.15, 0.2) is 28.9 Å². The number of alkyl halides is 3. The molecule has 0 aliphatic carbocycles. The number of nitrogens with zero attached hydrogens (tertiary/aromatic N) is 4. The molecule has 7 nitrogen and oxygen atoms in total. The molecule has 29 heavy (non-hydrogen) atoms. The van der Waals surface area contributed by atoms with Crippen molar-refractivity contribution in [3.63, 3.8) is 0 Å². The van der Waals surface area contributed by atoms with Gasteiger partial charge in [-0.3, -0.25) is 0 Å². The van der Waals surface area contributed by atoms with E-state index in [1.54, 1.807) is 27.1 Å². The summed E-state index contributed by atoms with van der Waals surface area (Å²) in [6, 6.07) is 3.65. The van der Waals surface area contributed by atoms with E-state index in [0.717, 1.165) is 6.07 Å². The predicted octanol–water partition coefficient (Wildman–Crippen LogP) is 4.74. The van der Waals surface area contributed by atoms with Gasteiger partial charge in [0.15, 0.2) is 11.5 Å². The number of aromatic nitrogens is 4. The van der Waals surface area contributed by atoms with E-state index >= 15 is 0 Å². The molecule has 2 aromatic heterocycles. The van der Waals surface area contributed by atoms with Crippen molar-refractivity contribution in [3.05, 3.63) is 35.7 Å². The molecule has 1 atom stereocenters. The number of ether oxygens (including phenoxy) is 1. The summed E-state index contributed by atoms with van der Waals surface area (Å²) in [5.41, 5.74) is 0.201. The van der Waals surface area contributed by atoms with E-state index in [-0.39, 0.29) is 29.1 Å². The third-order valence-corrected chi connectivity index (χ3v) is 4.20. The monoisotopic (exact) mass is 407 g/mol. The topological polar surface area (TPSA) is 86.0 Å². The molecule has 0 radical (unpaired) electrons. The number of rotatable bonds is 6. The highest BCUT2D eigenvalue weighted by Gasteiger charge is 2.35. The van der Waals surface area contributed by atoms with E-state index in [9.17, 15) is 13.2 Å². The largest absolute Gasteiger partial charge is 0.490 e. The number of nitrogens with one attached hydrogen (secondary N) is 1. The van der Waals surface area contributed by atoms with Crippen molar-refractivity contribution in [3.8, 4) is 28.7 Å². The van der Waals surface area contributed by atoms with Gasteiger partial charge in [0.1, 0.15) is 5.75 Å². The second-order valence-electron chi connectivity index (χ2n) is 6.43.